The molecule has 98 heavy (non-hydrogen) atoms. The number of carbonyl (C=O) groups is 5. The molecule has 9 aromatic rings. The molecule has 5 heterocycles. The molecule has 4 N–H and O–H groups in total. The van der Waals surface area contributed by atoms with Gasteiger partial charge in [0.15, 0.2) is 0 Å². The van der Waals surface area contributed by atoms with Gasteiger partial charge in [-0.25, -0.2) is 24.0 Å². The molecule has 2 atom stereocenters. The van der Waals surface area contributed by atoms with E-state index in [0.717, 1.165) is 113 Å². The second-order valence-electron chi connectivity index (χ2n) is 27.1. The second-order valence-corrected chi connectivity index (χ2v) is 28.0. The minimum atomic E-state index is -1.74. The van der Waals surface area contributed by atoms with Gasteiger partial charge >= 0.3 is 37.6 Å². The summed E-state index contributed by atoms with van der Waals surface area (Å²) in [5.41, 5.74) is 11.5. The van der Waals surface area contributed by atoms with Crippen LogP contribution in [0.25, 0.3) is 45.1 Å². The Labute approximate surface area is 581 Å². The number of benzene rings is 6. The van der Waals surface area contributed by atoms with Crippen molar-refractivity contribution in [3.05, 3.63) is 213 Å². The molecule has 2 saturated heterocycles. The maximum atomic E-state index is 13.2. The number of carbonyl (C=O) groups excluding carboxylic acids is 5. The number of aryl methyl sites for hydroxylation is 1. The van der Waals surface area contributed by atoms with Gasteiger partial charge in [-0.2, -0.15) is 15.1 Å². The van der Waals surface area contributed by atoms with Crippen molar-refractivity contribution in [2.24, 2.45) is 0 Å². The molecule has 1 aliphatic carbocycles. The normalized spacial score (nSPS) is 14.9. The number of rotatable bonds is 11. The number of amides is 4. The maximum Gasteiger partial charge on any atom is 0.506 e. The monoisotopic (exact) mass is 1390 g/mol. The van der Waals surface area contributed by atoms with Crippen LogP contribution < -0.4 is 10.5 Å². The number of nitrogens with zero attached hydrogens (tertiary/aromatic N) is 6. The summed E-state index contributed by atoms with van der Waals surface area (Å²) in [6, 6.07) is 52.1. The zero-order valence-electron chi connectivity index (χ0n) is 56.3. The van der Waals surface area contributed by atoms with Crippen LogP contribution in [-0.4, -0.2) is 112 Å². The number of aromatic nitrogens is 5. The number of hydrogen-bond acceptors (Lipinski definition) is 14. The van der Waals surface area contributed by atoms with Gasteiger partial charge in [0, 0.05) is 34.1 Å². The van der Waals surface area contributed by atoms with E-state index in [1.807, 2.05) is 140 Å². The molecule has 12 rings (SSSR count). The molecule has 0 radical (unpaired) electrons. The number of aromatic amines is 2. The van der Waals surface area contributed by atoms with Crippen LogP contribution in [0.5, 0.6) is 0 Å². The lowest BCUT2D eigenvalue weighted by atomic mass is 9.86. The summed E-state index contributed by atoms with van der Waals surface area (Å²) < 4.78 is 29.8. The first-order valence-corrected chi connectivity index (χ1v) is 33.2. The van der Waals surface area contributed by atoms with Crippen LogP contribution in [0.1, 0.15) is 152 Å². The number of H-pyrrole nitrogens is 2. The predicted octanol–water partition coefficient (Wildman–Crippen LogP) is 16.7. The lowest BCUT2D eigenvalue weighted by Crippen LogP contribution is -2.43. The van der Waals surface area contributed by atoms with Gasteiger partial charge in [-0.3, -0.25) is 24.6 Å². The molecule has 3 aromatic heterocycles. The summed E-state index contributed by atoms with van der Waals surface area (Å²) in [5.74, 6) is 0. The number of fused-ring (bicyclic) bond motifs is 2. The quantitative estimate of drug-likeness (QED) is 0.0695. The number of nitrogens with one attached hydrogen (secondary N) is 2. The Morgan fingerprint density at radius 3 is 1.54 bits per heavy atom. The zero-order chi connectivity index (χ0) is 69.3. The molecular formula is C76H86BBrN8O12. The Hall–Kier alpha value is -9.77. The molecule has 0 bridgehead atoms. The van der Waals surface area contributed by atoms with E-state index in [1.165, 1.54) is 4.57 Å². The maximum absolute atomic E-state index is 13.2. The van der Waals surface area contributed by atoms with Crippen molar-refractivity contribution in [1.82, 2.24) is 34.8 Å². The van der Waals surface area contributed by atoms with Crippen LogP contribution in [0.2, 0.25) is 0 Å². The van der Waals surface area contributed by atoms with Crippen LogP contribution in [0.3, 0.4) is 0 Å². The van der Waals surface area contributed by atoms with Crippen molar-refractivity contribution < 1.29 is 57.7 Å². The Kier molecular flexibility index (Phi) is 23.1. The minimum Gasteiger partial charge on any atom is -0.445 e. The Morgan fingerprint density at radius 1 is 0.582 bits per heavy atom. The number of likely N-dealkylation sites (tertiary alicyclic amines) is 2. The molecule has 3 aliphatic rings. The lowest BCUT2D eigenvalue weighted by Gasteiger charge is -2.28. The Morgan fingerprint density at radius 2 is 1.06 bits per heavy atom. The Bertz CT molecular complexity index is 4260. The van der Waals surface area contributed by atoms with Crippen molar-refractivity contribution >= 4 is 87.3 Å². The van der Waals surface area contributed by atoms with Gasteiger partial charge in [-0.15, -0.1) is 0 Å². The topological polar surface area (TPSA) is 244 Å². The third kappa shape index (κ3) is 18.7. The summed E-state index contributed by atoms with van der Waals surface area (Å²) in [4.78, 5) is 68.7. The van der Waals surface area contributed by atoms with Crippen molar-refractivity contribution in [3.63, 3.8) is 0 Å². The molecule has 0 spiro atoms. The fourth-order valence-corrected chi connectivity index (χ4v) is 11.9. The summed E-state index contributed by atoms with van der Waals surface area (Å²) in [6.07, 6.45) is 3.56. The van der Waals surface area contributed by atoms with E-state index in [2.05, 4.69) is 54.5 Å². The van der Waals surface area contributed by atoms with Crippen molar-refractivity contribution in [2.75, 3.05) is 18.0 Å². The summed E-state index contributed by atoms with van der Waals surface area (Å²) in [6.45, 7) is 19.6. The largest absolute Gasteiger partial charge is 0.506 e. The first kappa shape index (κ1) is 72.5. The highest BCUT2D eigenvalue weighted by Crippen LogP contribution is 2.38. The van der Waals surface area contributed by atoms with E-state index in [1.54, 1.807) is 90.3 Å². The second kappa shape index (κ2) is 31.2. The molecule has 2 fully saturated rings. The molecule has 20 nitrogen and oxygen atoms in total. The predicted molar refractivity (Wildman–Crippen MR) is 384 cm³/mol. The van der Waals surface area contributed by atoms with Gasteiger partial charge in [-0.1, -0.05) is 144 Å². The first-order chi connectivity index (χ1) is 46.1. The van der Waals surface area contributed by atoms with Crippen molar-refractivity contribution in [2.45, 2.75) is 151 Å². The molecule has 512 valence electrons. The number of hydrogen-bond donors (Lipinski definition) is 4. The van der Waals surface area contributed by atoms with Crippen molar-refractivity contribution in [1.29, 1.82) is 0 Å². The van der Waals surface area contributed by atoms with Gasteiger partial charge in [0.25, 0.3) is 0 Å². The standard InChI is InChI=1S/C40H44N4O6.C21H20BrN3O2.C14H18BNO4.CH4/c1-39(2,3)49-37(46)44(38(47)50-40(4,5)6)32-19-18-29-21-30(22-31(29)23-32)27-14-16-28(17-15-27)33-24-34(42-41-33)35-13-10-20-43(35)36(45)48-25-26-11-8-7-9-12-26;22-17-10-8-16(9-11-17)18-13-19(24-23-18)20-7-4-12-25(20)21(26)27-14-15-5-2-1-3-6-15;1-9-5-6-11-10(7-9)8-12(15(18)19)16(11)13(17)20-14(2,3)4;/h7-9,11-12,14-19,22-24,35H,10,13,20-21,25H2,1-6H3,(H,41,42);1-3,5-6,8-11,13,20H,4,7,12,14H2,(H,23,24);5-8,18-19H,1-4H3;1H4/t35-;20-;;/m00../s1. The number of allylic oxidation sites excluding steroid dienone is 1. The SMILES string of the molecule is C.CC(C)(C)OC(=O)N(C(=O)OC(C)(C)C)c1ccc2c(c1)C=C(c1ccc(-c3cc([C@@H]4CCCN4C(=O)OCc4ccccc4)[nH]n3)cc1)C2.Cc1ccc2c(c1)cc(B(O)O)n2C(=O)OC(C)(C)C.O=C(OCc1ccccc1)N1CCC[C@H]1c1cc(-c2ccc(Br)cc2)n[nH]1. The lowest BCUT2D eigenvalue weighted by molar-refractivity contribution is 0.0428. The van der Waals surface area contributed by atoms with Crippen LogP contribution in [0, 0.1) is 6.92 Å². The van der Waals surface area contributed by atoms with Gasteiger partial charge in [-0.05, 0) is 189 Å². The molecule has 6 aromatic carbocycles. The van der Waals surface area contributed by atoms with E-state index >= 15 is 0 Å². The van der Waals surface area contributed by atoms with Crippen molar-refractivity contribution in [3.8, 4) is 22.5 Å². The first-order valence-electron chi connectivity index (χ1n) is 32.4. The molecule has 22 heteroatoms. The van der Waals surface area contributed by atoms with Gasteiger partial charge in [0.05, 0.1) is 51.7 Å². The number of imide groups is 1. The smallest absolute Gasteiger partial charge is 0.445 e. The minimum absolute atomic E-state index is 0. The van der Waals surface area contributed by atoms with E-state index in [9.17, 15) is 34.0 Å². The molecular weight excluding hydrogens is 1310 g/mol. The van der Waals surface area contributed by atoms with Gasteiger partial charge in [0.2, 0.25) is 0 Å². The van der Waals surface area contributed by atoms with Gasteiger partial charge in [0.1, 0.15) is 30.0 Å². The Balaban J connectivity index is 0.000000195. The van der Waals surface area contributed by atoms with Crippen LogP contribution in [0.15, 0.2) is 168 Å². The van der Waals surface area contributed by atoms with E-state index < -0.39 is 42.2 Å². The third-order valence-corrected chi connectivity index (χ3v) is 16.6. The summed E-state index contributed by atoms with van der Waals surface area (Å²) >= 11 is 3.45. The highest BCUT2D eigenvalue weighted by Gasteiger charge is 2.36. The highest BCUT2D eigenvalue weighted by molar-refractivity contribution is 9.10. The highest BCUT2D eigenvalue weighted by atomic mass is 79.9. The fraction of sp³-hybridized carbons (Fsp3) is 0.329. The number of ether oxygens (including phenoxy) is 5. The van der Waals surface area contributed by atoms with Crippen LogP contribution in [-0.2, 0) is 43.3 Å². The average molecular weight is 1390 g/mol. The summed E-state index contributed by atoms with van der Waals surface area (Å²) in [7, 11) is -1.74. The van der Waals surface area contributed by atoms with E-state index in [4.69, 9.17) is 23.7 Å². The molecule has 2 aliphatic heterocycles. The number of anilines is 1. The number of halogens is 1. The van der Waals surface area contributed by atoms with E-state index in [-0.39, 0.29) is 50.5 Å². The molecule has 0 unspecified atom stereocenters. The third-order valence-electron chi connectivity index (χ3n) is 16.1. The summed E-state index contributed by atoms with van der Waals surface area (Å²) in [5, 5.41) is 34.9. The van der Waals surface area contributed by atoms with Crippen LogP contribution >= 0.6 is 15.9 Å². The van der Waals surface area contributed by atoms with E-state index in [0.29, 0.717) is 30.7 Å². The van der Waals surface area contributed by atoms with Crippen LogP contribution in [0.4, 0.5) is 29.7 Å². The average Bonchev–Trinajstić information content (AvgIpc) is 1.58. The molecule has 4 amide bonds. The fourth-order valence-electron chi connectivity index (χ4n) is 11.6. The zero-order valence-corrected chi connectivity index (χ0v) is 57.9. The molecule has 0 saturated carbocycles. The van der Waals surface area contributed by atoms with Gasteiger partial charge < -0.3 is 33.7 Å².